The summed E-state index contributed by atoms with van der Waals surface area (Å²) in [6.07, 6.45) is 0.281. The molecule has 1 aromatic carbocycles. The van der Waals surface area contributed by atoms with Crippen molar-refractivity contribution in [3.05, 3.63) is 35.7 Å². The summed E-state index contributed by atoms with van der Waals surface area (Å²) in [7, 11) is -4.02. The first-order chi connectivity index (χ1) is 14.1. The van der Waals surface area contributed by atoms with E-state index >= 15 is 0 Å². The summed E-state index contributed by atoms with van der Waals surface area (Å²) in [4.78, 5) is 16.1. The molecule has 0 saturated carbocycles. The highest BCUT2D eigenvalue weighted by Gasteiger charge is 2.29. The predicted molar refractivity (Wildman–Crippen MR) is 106 cm³/mol. The molecule has 1 aliphatic heterocycles. The summed E-state index contributed by atoms with van der Waals surface area (Å²) in [5, 5.41) is 6.49. The molecule has 1 aliphatic rings. The second-order valence-corrected chi connectivity index (χ2v) is 9.88. The quantitative estimate of drug-likeness (QED) is 0.731. The van der Waals surface area contributed by atoms with Gasteiger partial charge in [-0.3, -0.25) is 4.79 Å². The molecule has 1 fully saturated rings. The molecule has 0 bridgehead atoms. The van der Waals surface area contributed by atoms with Gasteiger partial charge in [0.2, 0.25) is 21.8 Å². The van der Waals surface area contributed by atoms with Crippen LogP contribution in [0.2, 0.25) is 0 Å². The van der Waals surface area contributed by atoms with E-state index in [1.165, 1.54) is 10.4 Å². The molecule has 0 aliphatic carbocycles. The Morgan fingerprint density at radius 1 is 1.27 bits per heavy atom. The fourth-order valence-electron chi connectivity index (χ4n) is 2.81. The molecular formula is C19H25FN4O5S. The summed E-state index contributed by atoms with van der Waals surface area (Å²) in [5.41, 5.74) is -0.0744. The van der Waals surface area contributed by atoms with Gasteiger partial charge in [-0.2, -0.15) is 9.29 Å². The van der Waals surface area contributed by atoms with E-state index < -0.39 is 20.7 Å². The number of aryl methyl sites for hydroxylation is 1. The van der Waals surface area contributed by atoms with Crippen LogP contribution < -0.4 is 5.32 Å². The number of sulfonamides is 1. The zero-order chi connectivity index (χ0) is 21.9. The minimum atomic E-state index is -4.02. The van der Waals surface area contributed by atoms with Crippen LogP contribution in [0.1, 0.15) is 38.9 Å². The third-order valence-electron chi connectivity index (χ3n) is 4.51. The Morgan fingerprint density at radius 3 is 2.60 bits per heavy atom. The maximum Gasteiger partial charge on any atom is 0.246 e. The normalized spacial score (nSPS) is 15.9. The number of benzene rings is 1. The molecule has 1 amide bonds. The first kappa shape index (κ1) is 22.3. The predicted octanol–water partition coefficient (Wildman–Crippen LogP) is 2.10. The zero-order valence-electron chi connectivity index (χ0n) is 17.1. The number of carbonyl (C=O) groups excluding carboxylic acids is 1. The van der Waals surface area contributed by atoms with Gasteiger partial charge in [0.05, 0.1) is 13.2 Å². The van der Waals surface area contributed by atoms with Crippen molar-refractivity contribution >= 4 is 21.6 Å². The van der Waals surface area contributed by atoms with Gasteiger partial charge in [-0.1, -0.05) is 25.9 Å². The summed E-state index contributed by atoms with van der Waals surface area (Å²) in [6, 6.07) is 3.47. The number of nitrogens with one attached hydrogen (secondary N) is 1. The Labute approximate surface area is 174 Å². The number of hydrogen-bond donors (Lipinski definition) is 1. The van der Waals surface area contributed by atoms with Gasteiger partial charge < -0.3 is 14.6 Å². The van der Waals surface area contributed by atoms with Crippen LogP contribution in [0, 0.1) is 5.82 Å². The largest absolute Gasteiger partial charge is 0.379 e. The molecule has 0 spiro atoms. The highest BCUT2D eigenvalue weighted by molar-refractivity contribution is 7.89. The van der Waals surface area contributed by atoms with Crippen molar-refractivity contribution in [1.82, 2.24) is 14.4 Å². The van der Waals surface area contributed by atoms with Crippen molar-refractivity contribution in [2.24, 2.45) is 0 Å². The summed E-state index contributed by atoms with van der Waals surface area (Å²) >= 11 is 0. The summed E-state index contributed by atoms with van der Waals surface area (Å²) in [5.74, 6) is -0.369. The zero-order valence-corrected chi connectivity index (χ0v) is 18.0. The van der Waals surface area contributed by atoms with Crippen LogP contribution in [0.15, 0.2) is 27.6 Å². The van der Waals surface area contributed by atoms with Crippen LogP contribution in [-0.4, -0.2) is 55.1 Å². The van der Waals surface area contributed by atoms with E-state index in [2.05, 4.69) is 15.5 Å². The van der Waals surface area contributed by atoms with Crippen molar-refractivity contribution < 1.29 is 26.9 Å². The molecule has 1 N–H and O–H groups in total. The van der Waals surface area contributed by atoms with Crippen LogP contribution in [0.3, 0.4) is 0 Å². The summed E-state index contributed by atoms with van der Waals surface area (Å²) in [6.45, 7) is 6.66. The lowest BCUT2D eigenvalue weighted by atomic mass is 9.96. The van der Waals surface area contributed by atoms with E-state index in [4.69, 9.17) is 9.26 Å². The third-order valence-corrected chi connectivity index (χ3v) is 6.42. The standard InChI is InChI=1S/C19H25FN4O5S/c1-19(2,3)18-22-17(29-23-18)7-6-16(25)21-13-4-5-14(20)15(12-13)30(26,27)24-8-10-28-11-9-24/h4-5,12H,6-11H2,1-3H3,(H,21,25). The van der Waals surface area contributed by atoms with Gasteiger partial charge in [0.1, 0.15) is 10.7 Å². The minimum Gasteiger partial charge on any atom is -0.379 e. The van der Waals surface area contributed by atoms with Gasteiger partial charge in [-0.25, -0.2) is 12.8 Å². The first-order valence-electron chi connectivity index (χ1n) is 9.58. The Balaban J connectivity index is 1.66. The topological polar surface area (TPSA) is 115 Å². The lowest BCUT2D eigenvalue weighted by molar-refractivity contribution is -0.116. The number of amides is 1. The van der Waals surface area contributed by atoms with Crippen LogP contribution >= 0.6 is 0 Å². The Morgan fingerprint density at radius 2 is 1.97 bits per heavy atom. The molecule has 11 heteroatoms. The van der Waals surface area contributed by atoms with Gasteiger partial charge in [0.15, 0.2) is 5.82 Å². The molecule has 1 saturated heterocycles. The maximum atomic E-state index is 14.2. The van der Waals surface area contributed by atoms with Crippen molar-refractivity contribution in [2.45, 2.75) is 43.9 Å². The highest BCUT2D eigenvalue weighted by Crippen LogP contribution is 2.24. The molecule has 2 aromatic rings. The van der Waals surface area contributed by atoms with Crippen molar-refractivity contribution in [3.63, 3.8) is 0 Å². The smallest absolute Gasteiger partial charge is 0.246 e. The highest BCUT2D eigenvalue weighted by atomic mass is 32.2. The van der Waals surface area contributed by atoms with Gasteiger partial charge >= 0.3 is 0 Å². The van der Waals surface area contributed by atoms with Crippen LogP contribution in [-0.2, 0) is 31.4 Å². The Hall–Kier alpha value is -2.37. The molecule has 0 atom stereocenters. The van der Waals surface area contributed by atoms with Crippen molar-refractivity contribution in [3.8, 4) is 0 Å². The number of rotatable bonds is 6. The van der Waals surface area contributed by atoms with E-state index in [0.717, 1.165) is 12.1 Å². The second kappa shape index (κ2) is 8.78. The minimum absolute atomic E-state index is 0.0503. The van der Waals surface area contributed by atoms with E-state index in [-0.39, 0.29) is 56.2 Å². The van der Waals surface area contributed by atoms with Gasteiger partial charge in [0.25, 0.3) is 0 Å². The monoisotopic (exact) mass is 440 g/mol. The molecule has 0 unspecified atom stereocenters. The van der Waals surface area contributed by atoms with Crippen molar-refractivity contribution in [2.75, 3.05) is 31.6 Å². The molecule has 2 heterocycles. The fraction of sp³-hybridized carbons (Fsp3) is 0.526. The Kier molecular flexibility index (Phi) is 6.53. The number of nitrogens with zero attached hydrogens (tertiary/aromatic N) is 3. The number of anilines is 1. The van der Waals surface area contributed by atoms with Crippen LogP contribution in [0.5, 0.6) is 0 Å². The maximum absolute atomic E-state index is 14.2. The van der Waals surface area contributed by atoms with Gasteiger partial charge in [-0.05, 0) is 18.2 Å². The number of morpholine rings is 1. The molecule has 0 radical (unpaired) electrons. The average Bonchev–Trinajstić information content (AvgIpc) is 3.18. The number of hydrogen-bond acceptors (Lipinski definition) is 7. The van der Waals surface area contributed by atoms with Gasteiger partial charge in [0, 0.05) is 37.0 Å². The second-order valence-electron chi connectivity index (χ2n) is 7.97. The number of aromatic nitrogens is 2. The van der Waals surface area contributed by atoms with E-state index in [0.29, 0.717) is 11.7 Å². The van der Waals surface area contributed by atoms with Crippen LogP contribution in [0.4, 0.5) is 10.1 Å². The van der Waals surface area contributed by atoms with E-state index in [1.54, 1.807) is 0 Å². The van der Waals surface area contributed by atoms with Crippen LogP contribution in [0.25, 0.3) is 0 Å². The molecule has 3 rings (SSSR count). The lowest BCUT2D eigenvalue weighted by Crippen LogP contribution is -2.40. The molecule has 9 nitrogen and oxygen atoms in total. The molecular weight excluding hydrogens is 415 g/mol. The number of carbonyl (C=O) groups is 1. The molecule has 30 heavy (non-hydrogen) atoms. The van der Waals surface area contributed by atoms with Gasteiger partial charge in [-0.15, -0.1) is 0 Å². The Bertz CT molecular complexity index is 1010. The van der Waals surface area contributed by atoms with E-state index in [1.807, 2.05) is 20.8 Å². The van der Waals surface area contributed by atoms with E-state index in [9.17, 15) is 17.6 Å². The summed E-state index contributed by atoms with van der Waals surface area (Å²) < 4.78 is 51.2. The number of ether oxygens (including phenoxy) is 1. The SMILES string of the molecule is CC(C)(C)c1noc(CCC(=O)Nc2ccc(F)c(S(=O)(=O)N3CCOCC3)c2)n1. The average molecular weight is 440 g/mol. The molecule has 1 aromatic heterocycles. The molecule has 164 valence electrons. The number of halogens is 1. The fourth-order valence-corrected chi connectivity index (χ4v) is 4.31. The lowest BCUT2D eigenvalue weighted by Gasteiger charge is -2.26. The first-order valence-corrected chi connectivity index (χ1v) is 11.0. The van der Waals surface area contributed by atoms with Crippen molar-refractivity contribution in [1.29, 1.82) is 0 Å². The third kappa shape index (κ3) is 5.21.